The third kappa shape index (κ3) is 1.78. The molecule has 3 heteroatoms. The summed E-state index contributed by atoms with van der Waals surface area (Å²) in [6, 6.07) is 12.5. The molecule has 0 aliphatic rings. The zero-order valence-electron chi connectivity index (χ0n) is 9.46. The average molecular weight is 242 g/mol. The van der Waals surface area contributed by atoms with Crippen LogP contribution in [-0.4, -0.2) is 7.11 Å². The van der Waals surface area contributed by atoms with Crippen LogP contribution in [0.1, 0.15) is 0 Å². The Labute approximate surface area is 104 Å². The molecule has 0 spiro atoms. The maximum absolute atomic E-state index is 5.29. The minimum Gasteiger partial charge on any atom is -0.497 e. The molecule has 0 fully saturated rings. The Bertz CT molecular complexity index is 646. The summed E-state index contributed by atoms with van der Waals surface area (Å²) >= 11 is 1.68. The Morgan fingerprint density at radius 2 is 2.12 bits per heavy atom. The van der Waals surface area contributed by atoms with Crippen molar-refractivity contribution in [1.29, 1.82) is 0 Å². The number of ether oxygens (including phenoxy) is 1. The highest BCUT2D eigenvalue weighted by molar-refractivity contribution is 7.07. The summed E-state index contributed by atoms with van der Waals surface area (Å²) in [6.45, 7) is 0. The topological polar surface area (TPSA) is 13.1 Å². The standard InChI is InChI=1S/C14H12NOS/c1-16-12-6-5-11-3-2-4-14(13(11)9-12)15-7-8-17-10-15/h2-10H,1H3/q+1. The summed E-state index contributed by atoms with van der Waals surface area (Å²) in [5, 5.41) is 4.50. The van der Waals surface area contributed by atoms with Crippen molar-refractivity contribution in [2.24, 2.45) is 0 Å². The van der Waals surface area contributed by atoms with Crippen LogP contribution < -0.4 is 9.30 Å². The van der Waals surface area contributed by atoms with Gasteiger partial charge in [0.05, 0.1) is 17.9 Å². The van der Waals surface area contributed by atoms with Gasteiger partial charge in [0.15, 0.2) is 6.20 Å². The molecule has 0 N–H and O–H groups in total. The second kappa shape index (κ2) is 4.18. The Morgan fingerprint density at radius 1 is 1.18 bits per heavy atom. The number of nitrogens with zero attached hydrogens (tertiary/aromatic N) is 1. The zero-order valence-corrected chi connectivity index (χ0v) is 10.3. The lowest BCUT2D eigenvalue weighted by atomic mass is 10.1. The van der Waals surface area contributed by atoms with Gasteiger partial charge < -0.3 is 4.74 Å². The van der Waals surface area contributed by atoms with E-state index < -0.39 is 0 Å². The molecule has 3 aromatic rings. The highest BCUT2D eigenvalue weighted by Gasteiger charge is 2.11. The molecule has 0 unspecified atom stereocenters. The normalized spacial score (nSPS) is 10.6. The van der Waals surface area contributed by atoms with E-state index in [0.717, 1.165) is 5.75 Å². The predicted molar refractivity (Wildman–Crippen MR) is 69.9 cm³/mol. The van der Waals surface area contributed by atoms with Crippen molar-refractivity contribution in [2.45, 2.75) is 0 Å². The summed E-state index contributed by atoms with van der Waals surface area (Å²) in [7, 11) is 1.70. The Morgan fingerprint density at radius 3 is 2.88 bits per heavy atom. The maximum Gasteiger partial charge on any atom is 0.230 e. The molecule has 84 valence electrons. The van der Waals surface area contributed by atoms with Crippen molar-refractivity contribution in [3.05, 3.63) is 53.5 Å². The molecular formula is C14H12NOS+. The largest absolute Gasteiger partial charge is 0.497 e. The zero-order chi connectivity index (χ0) is 11.7. The smallest absolute Gasteiger partial charge is 0.230 e. The van der Waals surface area contributed by atoms with Crippen LogP contribution >= 0.6 is 11.3 Å². The maximum atomic E-state index is 5.29. The highest BCUT2D eigenvalue weighted by atomic mass is 32.1. The quantitative estimate of drug-likeness (QED) is 0.629. The second-order valence-electron chi connectivity index (χ2n) is 3.80. The van der Waals surface area contributed by atoms with Gasteiger partial charge in [-0.05, 0) is 17.5 Å². The number of methoxy groups -OCH3 is 1. The molecular weight excluding hydrogens is 230 g/mol. The summed E-state index contributed by atoms with van der Waals surface area (Å²) in [6.07, 6.45) is 2.07. The van der Waals surface area contributed by atoms with Gasteiger partial charge in [-0.3, -0.25) is 0 Å². The van der Waals surface area contributed by atoms with E-state index in [9.17, 15) is 0 Å². The number of rotatable bonds is 2. The Balaban J connectivity index is 2.30. The molecule has 0 aliphatic heterocycles. The molecule has 0 radical (unpaired) electrons. The van der Waals surface area contributed by atoms with Gasteiger partial charge in [-0.25, -0.2) is 0 Å². The van der Waals surface area contributed by atoms with E-state index >= 15 is 0 Å². The summed E-state index contributed by atoms with van der Waals surface area (Å²) in [5.41, 5.74) is 3.27. The van der Waals surface area contributed by atoms with Gasteiger partial charge in [0.25, 0.3) is 0 Å². The Kier molecular flexibility index (Phi) is 2.53. The highest BCUT2D eigenvalue weighted by Crippen LogP contribution is 2.24. The predicted octanol–water partition coefficient (Wildman–Crippen LogP) is 3.19. The van der Waals surface area contributed by atoms with E-state index in [1.165, 1.54) is 16.5 Å². The van der Waals surface area contributed by atoms with E-state index in [0.29, 0.717) is 0 Å². The lowest BCUT2D eigenvalue weighted by Crippen LogP contribution is -2.26. The van der Waals surface area contributed by atoms with Gasteiger partial charge >= 0.3 is 0 Å². The van der Waals surface area contributed by atoms with Crippen molar-refractivity contribution in [3.8, 4) is 11.4 Å². The van der Waals surface area contributed by atoms with Crippen LogP contribution in [0.2, 0.25) is 0 Å². The van der Waals surface area contributed by atoms with Crippen molar-refractivity contribution in [2.75, 3.05) is 7.11 Å². The molecule has 2 aromatic carbocycles. The molecule has 1 aromatic heterocycles. The molecule has 0 saturated heterocycles. The first-order valence-corrected chi connectivity index (χ1v) is 6.33. The van der Waals surface area contributed by atoms with Gasteiger partial charge in [0, 0.05) is 6.07 Å². The lowest BCUT2D eigenvalue weighted by molar-refractivity contribution is -0.588. The third-order valence-electron chi connectivity index (χ3n) is 2.82. The van der Waals surface area contributed by atoms with E-state index in [2.05, 4.69) is 52.0 Å². The number of aromatic nitrogens is 1. The van der Waals surface area contributed by atoms with Crippen LogP contribution in [0.5, 0.6) is 5.75 Å². The summed E-state index contributed by atoms with van der Waals surface area (Å²) in [4.78, 5) is 0. The van der Waals surface area contributed by atoms with Crippen LogP contribution in [-0.2, 0) is 0 Å². The van der Waals surface area contributed by atoms with Gasteiger partial charge in [0.1, 0.15) is 5.75 Å². The fourth-order valence-corrected chi connectivity index (χ4v) is 2.55. The van der Waals surface area contributed by atoms with Crippen LogP contribution in [0, 0.1) is 0 Å². The van der Waals surface area contributed by atoms with Crippen LogP contribution in [0.3, 0.4) is 0 Å². The minimum absolute atomic E-state index is 0.890. The van der Waals surface area contributed by atoms with Gasteiger partial charge in [-0.15, -0.1) is 0 Å². The van der Waals surface area contributed by atoms with Crippen LogP contribution in [0.15, 0.2) is 53.5 Å². The molecule has 1 heterocycles. The molecule has 0 bridgehead atoms. The van der Waals surface area contributed by atoms with Crippen LogP contribution in [0.25, 0.3) is 16.5 Å². The second-order valence-corrected chi connectivity index (χ2v) is 4.55. The average Bonchev–Trinajstić information content (AvgIpc) is 2.91. The first-order chi connectivity index (χ1) is 8.38. The lowest BCUT2D eigenvalue weighted by Gasteiger charge is -2.03. The number of benzene rings is 2. The molecule has 0 saturated carbocycles. The van der Waals surface area contributed by atoms with E-state index in [4.69, 9.17) is 4.74 Å². The van der Waals surface area contributed by atoms with Crippen molar-refractivity contribution in [1.82, 2.24) is 0 Å². The van der Waals surface area contributed by atoms with Crippen LogP contribution in [0.4, 0.5) is 0 Å². The third-order valence-corrected chi connectivity index (χ3v) is 3.45. The van der Waals surface area contributed by atoms with Crippen molar-refractivity contribution in [3.63, 3.8) is 0 Å². The summed E-state index contributed by atoms with van der Waals surface area (Å²) < 4.78 is 7.42. The fourth-order valence-electron chi connectivity index (χ4n) is 1.96. The first kappa shape index (κ1) is 10.3. The monoisotopic (exact) mass is 242 g/mol. The van der Waals surface area contributed by atoms with Gasteiger partial charge in [0.2, 0.25) is 11.2 Å². The van der Waals surface area contributed by atoms with Gasteiger partial charge in [-0.1, -0.05) is 29.5 Å². The first-order valence-electron chi connectivity index (χ1n) is 5.39. The molecule has 2 nitrogen and oxygen atoms in total. The van der Waals surface area contributed by atoms with E-state index in [1.807, 2.05) is 6.07 Å². The number of thiazole rings is 1. The minimum atomic E-state index is 0.890. The Hall–Kier alpha value is -1.87. The van der Waals surface area contributed by atoms with Crippen molar-refractivity contribution >= 4 is 22.1 Å². The van der Waals surface area contributed by atoms with Gasteiger partial charge in [-0.2, -0.15) is 4.57 Å². The molecule has 17 heavy (non-hydrogen) atoms. The van der Waals surface area contributed by atoms with E-state index in [1.54, 1.807) is 18.4 Å². The molecule has 0 aliphatic carbocycles. The molecule has 0 atom stereocenters. The van der Waals surface area contributed by atoms with Crippen molar-refractivity contribution < 1.29 is 9.30 Å². The summed E-state index contributed by atoms with van der Waals surface area (Å²) in [5.74, 6) is 0.890. The SMILES string of the molecule is COc1ccc2cccc(-[n+]3ccsc3)c2c1. The number of fused-ring (bicyclic) bond motifs is 1. The number of hydrogen-bond acceptors (Lipinski definition) is 2. The number of hydrogen-bond donors (Lipinski definition) is 0. The van der Waals surface area contributed by atoms with E-state index in [-0.39, 0.29) is 0 Å². The molecule has 0 amide bonds. The fraction of sp³-hybridized carbons (Fsp3) is 0.0714. The molecule has 3 rings (SSSR count).